The number of phenolic OH excluding ortho intramolecular Hbond substituents is 1. The number of aryl methyl sites for hydroxylation is 1. The maximum absolute atomic E-state index is 13.5. The third-order valence-corrected chi connectivity index (χ3v) is 5.77. The second-order valence-electron chi connectivity index (χ2n) is 7.51. The van der Waals surface area contributed by atoms with E-state index in [2.05, 4.69) is 5.10 Å². The number of nitrogens with zero attached hydrogens (tertiary/aromatic N) is 1. The zero-order valence-electron chi connectivity index (χ0n) is 17.6. The largest absolute Gasteiger partial charge is 0.506 e. The van der Waals surface area contributed by atoms with Gasteiger partial charge in [-0.25, -0.2) is 0 Å². The Morgan fingerprint density at radius 2 is 1.74 bits per heavy atom. The number of hydrogen-bond donors (Lipinski definition) is 2. The number of nitrogens with one attached hydrogen (secondary N) is 1. The number of aromatic hydroxyl groups is 1. The third kappa shape index (κ3) is 4.78. The topological polar surface area (TPSA) is 67.2 Å². The van der Waals surface area contributed by atoms with Crippen LogP contribution in [0.15, 0.2) is 65.5 Å². The van der Waals surface area contributed by atoms with Crippen LogP contribution in [0, 0.1) is 0 Å². The Kier molecular flexibility index (Phi) is 6.38. The number of ether oxygens (including phenoxy) is 1. The van der Waals surface area contributed by atoms with Gasteiger partial charge < -0.3 is 9.84 Å². The van der Waals surface area contributed by atoms with Gasteiger partial charge in [0.05, 0.1) is 21.8 Å². The smallest absolute Gasteiger partial charge is 0.417 e. The standard InChI is InChI=1S/C24H17Cl2F3N2O3/c1-31-19(11-21(32)30-31)16-7-9-20(34-12-13-2-5-15(25)6-3-13)22(23(16)33)14-4-8-18(26)17(10-14)24(27,28)29/h2-11,33H,12H2,1H3,(H,30,32). The van der Waals surface area contributed by atoms with Crippen LogP contribution in [0.1, 0.15) is 11.1 Å². The minimum atomic E-state index is -4.70. The molecule has 0 fully saturated rings. The van der Waals surface area contributed by atoms with Gasteiger partial charge in [-0.3, -0.25) is 14.6 Å². The fourth-order valence-electron chi connectivity index (χ4n) is 3.56. The first kappa shape index (κ1) is 23.8. The number of alkyl halides is 3. The molecular formula is C24H17Cl2F3N2O3. The highest BCUT2D eigenvalue weighted by Gasteiger charge is 2.34. The summed E-state index contributed by atoms with van der Waals surface area (Å²) >= 11 is 11.7. The molecule has 0 aliphatic heterocycles. The minimum absolute atomic E-state index is 0.0299. The van der Waals surface area contributed by atoms with Gasteiger partial charge in [-0.1, -0.05) is 41.4 Å². The van der Waals surface area contributed by atoms with Crippen molar-refractivity contribution in [2.75, 3.05) is 0 Å². The number of aromatic amines is 1. The third-order valence-electron chi connectivity index (χ3n) is 5.19. The summed E-state index contributed by atoms with van der Waals surface area (Å²) in [6.07, 6.45) is -4.70. The summed E-state index contributed by atoms with van der Waals surface area (Å²) in [4.78, 5) is 11.8. The zero-order valence-corrected chi connectivity index (χ0v) is 19.1. The Hall–Kier alpha value is -3.36. The van der Waals surface area contributed by atoms with Gasteiger partial charge in [0.2, 0.25) is 0 Å². The zero-order chi connectivity index (χ0) is 24.6. The van der Waals surface area contributed by atoms with E-state index in [1.54, 1.807) is 31.3 Å². The van der Waals surface area contributed by atoms with Gasteiger partial charge >= 0.3 is 6.18 Å². The summed E-state index contributed by atoms with van der Waals surface area (Å²) in [5, 5.41) is 13.8. The molecule has 0 unspecified atom stereocenters. The first-order valence-electron chi connectivity index (χ1n) is 9.91. The highest BCUT2D eigenvalue weighted by Crippen LogP contribution is 2.46. The molecule has 2 N–H and O–H groups in total. The van der Waals surface area contributed by atoms with E-state index in [0.717, 1.165) is 17.7 Å². The number of rotatable bonds is 5. The molecule has 0 saturated heterocycles. The summed E-state index contributed by atoms with van der Waals surface area (Å²) in [7, 11) is 1.57. The minimum Gasteiger partial charge on any atom is -0.506 e. The monoisotopic (exact) mass is 508 g/mol. The molecule has 0 aliphatic rings. The lowest BCUT2D eigenvalue weighted by Crippen LogP contribution is -2.06. The van der Waals surface area contributed by atoms with Crippen LogP contribution in [0.25, 0.3) is 22.4 Å². The average molecular weight is 509 g/mol. The first-order valence-corrected chi connectivity index (χ1v) is 10.7. The maximum atomic E-state index is 13.5. The van der Waals surface area contributed by atoms with Gasteiger partial charge in [-0.2, -0.15) is 13.2 Å². The Labute approximate surface area is 201 Å². The van der Waals surface area contributed by atoms with Crippen LogP contribution in [-0.4, -0.2) is 14.9 Å². The highest BCUT2D eigenvalue weighted by atomic mass is 35.5. The van der Waals surface area contributed by atoms with Crippen LogP contribution in [0.2, 0.25) is 10.0 Å². The summed E-state index contributed by atoms with van der Waals surface area (Å²) in [6, 6.07) is 14.5. The van der Waals surface area contributed by atoms with E-state index in [4.69, 9.17) is 27.9 Å². The molecule has 0 spiro atoms. The van der Waals surface area contributed by atoms with Gasteiger partial charge in [0, 0.05) is 23.7 Å². The molecule has 0 amide bonds. The van der Waals surface area contributed by atoms with Crippen molar-refractivity contribution in [1.82, 2.24) is 9.78 Å². The molecule has 0 bridgehead atoms. The van der Waals surface area contributed by atoms with E-state index in [1.807, 2.05) is 0 Å². The fraction of sp³-hybridized carbons (Fsp3) is 0.125. The molecule has 0 aliphatic carbocycles. The van der Waals surface area contributed by atoms with Crippen LogP contribution in [-0.2, 0) is 19.8 Å². The Balaban J connectivity index is 1.87. The molecule has 3 aromatic carbocycles. The lowest BCUT2D eigenvalue weighted by molar-refractivity contribution is -0.137. The van der Waals surface area contributed by atoms with Gasteiger partial charge in [0.1, 0.15) is 18.1 Å². The predicted molar refractivity (Wildman–Crippen MR) is 124 cm³/mol. The molecule has 34 heavy (non-hydrogen) atoms. The van der Waals surface area contributed by atoms with Gasteiger partial charge in [0.25, 0.3) is 5.56 Å². The molecule has 10 heteroatoms. The van der Waals surface area contributed by atoms with E-state index in [0.29, 0.717) is 10.7 Å². The van der Waals surface area contributed by atoms with Gasteiger partial charge in [0.15, 0.2) is 0 Å². The second kappa shape index (κ2) is 9.12. The summed E-state index contributed by atoms with van der Waals surface area (Å²) in [6.45, 7) is 0.0747. The second-order valence-corrected chi connectivity index (χ2v) is 8.35. The van der Waals surface area contributed by atoms with E-state index in [9.17, 15) is 23.1 Å². The molecule has 0 radical (unpaired) electrons. The van der Waals surface area contributed by atoms with E-state index >= 15 is 0 Å². The number of phenols is 1. The normalized spacial score (nSPS) is 11.6. The van der Waals surface area contributed by atoms with Crippen molar-refractivity contribution >= 4 is 23.2 Å². The van der Waals surface area contributed by atoms with E-state index < -0.39 is 22.3 Å². The van der Waals surface area contributed by atoms with Crippen LogP contribution in [0.3, 0.4) is 0 Å². The molecule has 176 valence electrons. The Bertz CT molecular complexity index is 1410. The summed E-state index contributed by atoms with van der Waals surface area (Å²) in [5.41, 5.74) is -0.0261. The van der Waals surface area contributed by atoms with Gasteiger partial charge in [-0.15, -0.1) is 0 Å². The van der Waals surface area contributed by atoms with Crippen LogP contribution >= 0.6 is 23.2 Å². The SMILES string of the molecule is Cn1[nH]c(=O)cc1-c1ccc(OCc2ccc(Cl)cc2)c(-c2ccc(Cl)c(C(F)(F)F)c2)c1O. The molecule has 4 aromatic rings. The quantitative estimate of drug-likeness (QED) is 0.316. The van der Waals surface area contributed by atoms with Crippen LogP contribution < -0.4 is 10.3 Å². The average Bonchev–Trinajstić information content (AvgIpc) is 3.11. The Morgan fingerprint density at radius 3 is 2.35 bits per heavy atom. The fourth-order valence-corrected chi connectivity index (χ4v) is 3.91. The van der Waals surface area contributed by atoms with E-state index in [1.165, 1.54) is 28.9 Å². The molecule has 1 aromatic heterocycles. The van der Waals surface area contributed by atoms with Crippen molar-refractivity contribution in [2.45, 2.75) is 12.8 Å². The number of H-pyrrole nitrogens is 1. The van der Waals surface area contributed by atoms with Crippen molar-refractivity contribution in [2.24, 2.45) is 7.05 Å². The number of benzene rings is 3. The molecule has 0 saturated carbocycles. The number of aromatic nitrogens is 2. The van der Waals surface area contributed by atoms with Crippen LogP contribution in [0.4, 0.5) is 13.2 Å². The first-order chi connectivity index (χ1) is 16.0. The number of hydrogen-bond acceptors (Lipinski definition) is 3. The lowest BCUT2D eigenvalue weighted by atomic mass is 9.97. The van der Waals surface area contributed by atoms with Crippen molar-refractivity contribution in [3.63, 3.8) is 0 Å². The number of halogens is 5. The van der Waals surface area contributed by atoms with Crippen molar-refractivity contribution < 1.29 is 23.0 Å². The van der Waals surface area contributed by atoms with Gasteiger partial charge in [-0.05, 0) is 47.5 Å². The molecule has 4 rings (SSSR count). The lowest BCUT2D eigenvalue weighted by Gasteiger charge is -2.18. The van der Waals surface area contributed by atoms with Crippen molar-refractivity contribution in [3.8, 4) is 33.9 Å². The highest BCUT2D eigenvalue weighted by molar-refractivity contribution is 6.31. The van der Waals surface area contributed by atoms with Crippen molar-refractivity contribution in [3.05, 3.63) is 92.2 Å². The maximum Gasteiger partial charge on any atom is 0.417 e. The van der Waals surface area contributed by atoms with Crippen LogP contribution in [0.5, 0.6) is 11.5 Å². The molecular weight excluding hydrogens is 492 g/mol. The molecule has 0 atom stereocenters. The Morgan fingerprint density at radius 1 is 1.03 bits per heavy atom. The predicted octanol–water partition coefficient (Wildman–Crippen LogP) is 6.66. The summed E-state index contributed by atoms with van der Waals surface area (Å²) < 4.78 is 47.8. The van der Waals surface area contributed by atoms with E-state index in [-0.39, 0.29) is 34.8 Å². The molecule has 5 nitrogen and oxygen atoms in total. The van der Waals surface area contributed by atoms with Crippen molar-refractivity contribution in [1.29, 1.82) is 0 Å². The summed E-state index contributed by atoms with van der Waals surface area (Å²) in [5.74, 6) is -0.203. The molecule has 1 heterocycles.